The highest BCUT2D eigenvalue weighted by Crippen LogP contribution is 2.30. The first-order valence-corrected chi connectivity index (χ1v) is 7.22. The van der Waals surface area contributed by atoms with Gasteiger partial charge in [-0.3, -0.25) is 4.90 Å². The number of nitrogens with zero attached hydrogens (tertiary/aromatic N) is 1. The lowest BCUT2D eigenvalue weighted by molar-refractivity contribution is 0.127. The number of aliphatic hydroxyl groups excluding tert-OH is 1. The van der Waals surface area contributed by atoms with E-state index in [1.165, 1.54) is 17.3 Å². The van der Waals surface area contributed by atoms with E-state index >= 15 is 0 Å². The second-order valence-electron chi connectivity index (χ2n) is 6.04. The minimum absolute atomic E-state index is 0.178. The Labute approximate surface area is 118 Å². The number of fused-ring (bicyclic) bond motifs is 3. The summed E-state index contributed by atoms with van der Waals surface area (Å²) in [7, 11) is 0. The van der Waals surface area contributed by atoms with Crippen LogP contribution in [-0.4, -0.2) is 34.2 Å². The van der Waals surface area contributed by atoms with Crippen molar-refractivity contribution in [2.24, 2.45) is 5.92 Å². The fourth-order valence-electron chi connectivity index (χ4n) is 3.13. The van der Waals surface area contributed by atoms with E-state index in [9.17, 15) is 9.50 Å². The molecule has 4 heteroatoms. The van der Waals surface area contributed by atoms with E-state index < -0.39 is 0 Å². The van der Waals surface area contributed by atoms with Crippen molar-refractivity contribution in [2.75, 3.05) is 13.2 Å². The van der Waals surface area contributed by atoms with Gasteiger partial charge in [-0.1, -0.05) is 6.92 Å². The molecule has 2 N–H and O–H groups in total. The van der Waals surface area contributed by atoms with E-state index in [0.717, 1.165) is 30.4 Å². The van der Waals surface area contributed by atoms with Gasteiger partial charge in [0.2, 0.25) is 0 Å². The Balaban J connectivity index is 1.93. The van der Waals surface area contributed by atoms with Gasteiger partial charge in [-0.05, 0) is 43.0 Å². The Morgan fingerprint density at radius 3 is 3.05 bits per heavy atom. The van der Waals surface area contributed by atoms with Gasteiger partial charge >= 0.3 is 0 Å². The number of hydrogen-bond acceptors (Lipinski definition) is 2. The summed E-state index contributed by atoms with van der Waals surface area (Å²) in [4.78, 5) is 5.80. The van der Waals surface area contributed by atoms with Crippen LogP contribution in [0.25, 0.3) is 10.9 Å². The fourth-order valence-corrected chi connectivity index (χ4v) is 3.13. The molecular formula is C16H21FN2O. The Morgan fingerprint density at radius 2 is 2.30 bits per heavy atom. The van der Waals surface area contributed by atoms with E-state index in [0.29, 0.717) is 6.04 Å². The summed E-state index contributed by atoms with van der Waals surface area (Å²) >= 11 is 0. The number of nitrogens with one attached hydrogen (secondary N) is 1. The molecule has 1 aliphatic heterocycles. The van der Waals surface area contributed by atoms with Crippen molar-refractivity contribution >= 4 is 10.9 Å². The highest BCUT2D eigenvalue weighted by molar-refractivity contribution is 5.85. The van der Waals surface area contributed by atoms with Crippen LogP contribution in [0.15, 0.2) is 18.2 Å². The van der Waals surface area contributed by atoms with Crippen LogP contribution < -0.4 is 0 Å². The molecule has 0 radical (unpaired) electrons. The molecule has 1 aliphatic rings. The van der Waals surface area contributed by atoms with Gasteiger partial charge in [-0.2, -0.15) is 0 Å². The van der Waals surface area contributed by atoms with E-state index in [-0.39, 0.29) is 18.3 Å². The average Bonchev–Trinajstić information content (AvgIpc) is 2.76. The SMILES string of the molecule is CC(CO)CN1Cc2[nH]c3ccc(F)cc3c2CC1C. The third-order valence-electron chi connectivity index (χ3n) is 4.30. The molecule has 20 heavy (non-hydrogen) atoms. The summed E-state index contributed by atoms with van der Waals surface area (Å²) in [5.74, 6) is 0.101. The maximum Gasteiger partial charge on any atom is 0.123 e. The van der Waals surface area contributed by atoms with E-state index in [2.05, 4.69) is 23.7 Å². The Morgan fingerprint density at radius 1 is 1.50 bits per heavy atom. The minimum Gasteiger partial charge on any atom is -0.396 e. The van der Waals surface area contributed by atoms with E-state index in [1.54, 1.807) is 6.07 Å². The second kappa shape index (κ2) is 5.19. The van der Waals surface area contributed by atoms with Crippen LogP contribution in [0.5, 0.6) is 0 Å². The first kappa shape index (κ1) is 13.6. The van der Waals surface area contributed by atoms with Crippen molar-refractivity contribution in [1.29, 1.82) is 0 Å². The summed E-state index contributed by atoms with van der Waals surface area (Å²) in [6, 6.07) is 5.36. The Hall–Kier alpha value is -1.39. The van der Waals surface area contributed by atoms with Crippen LogP contribution >= 0.6 is 0 Å². The molecule has 0 bridgehead atoms. The first-order chi connectivity index (χ1) is 9.58. The molecule has 0 saturated carbocycles. The first-order valence-electron chi connectivity index (χ1n) is 7.22. The number of aromatic amines is 1. The van der Waals surface area contributed by atoms with Crippen LogP contribution in [-0.2, 0) is 13.0 Å². The maximum absolute atomic E-state index is 13.4. The lowest BCUT2D eigenvalue weighted by Gasteiger charge is -2.35. The molecular weight excluding hydrogens is 255 g/mol. The molecule has 108 valence electrons. The highest BCUT2D eigenvalue weighted by atomic mass is 19.1. The van der Waals surface area contributed by atoms with Gasteiger partial charge in [0, 0.05) is 42.3 Å². The quantitative estimate of drug-likeness (QED) is 0.904. The van der Waals surface area contributed by atoms with Crippen molar-refractivity contribution in [3.63, 3.8) is 0 Å². The van der Waals surface area contributed by atoms with Gasteiger partial charge in [-0.25, -0.2) is 4.39 Å². The van der Waals surface area contributed by atoms with Crippen LogP contribution in [0.4, 0.5) is 4.39 Å². The summed E-state index contributed by atoms with van der Waals surface area (Å²) in [5.41, 5.74) is 3.45. The third-order valence-corrected chi connectivity index (χ3v) is 4.30. The summed E-state index contributed by atoms with van der Waals surface area (Å²) in [6.45, 7) is 6.21. The number of aliphatic hydroxyl groups is 1. The normalized spacial score (nSPS) is 21.1. The lowest BCUT2D eigenvalue weighted by Crippen LogP contribution is -2.41. The summed E-state index contributed by atoms with van der Waals surface area (Å²) in [5, 5.41) is 10.2. The monoisotopic (exact) mass is 276 g/mol. The molecule has 3 nitrogen and oxygen atoms in total. The van der Waals surface area contributed by atoms with Crippen LogP contribution in [0, 0.1) is 11.7 Å². The van der Waals surface area contributed by atoms with Crippen LogP contribution in [0.2, 0.25) is 0 Å². The van der Waals surface area contributed by atoms with Crippen molar-refractivity contribution in [3.8, 4) is 0 Å². The molecule has 0 aliphatic carbocycles. The molecule has 2 heterocycles. The van der Waals surface area contributed by atoms with Crippen molar-refractivity contribution in [3.05, 3.63) is 35.3 Å². The molecule has 1 aromatic heterocycles. The van der Waals surface area contributed by atoms with Crippen molar-refractivity contribution in [2.45, 2.75) is 32.9 Å². The second-order valence-corrected chi connectivity index (χ2v) is 6.04. The maximum atomic E-state index is 13.4. The number of halogens is 1. The molecule has 2 aromatic rings. The zero-order valence-corrected chi connectivity index (χ0v) is 12.0. The Bertz CT molecular complexity index is 622. The highest BCUT2D eigenvalue weighted by Gasteiger charge is 2.26. The summed E-state index contributed by atoms with van der Waals surface area (Å²) < 4.78 is 13.4. The van der Waals surface area contributed by atoms with Crippen molar-refractivity contribution in [1.82, 2.24) is 9.88 Å². The number of benzene rings is 1. The standard InChI is InChI=1S/C16H21FN2O/c1-10(9-20)7-19-8-16-13(5-11(19)2)14-6-12(17)3-4-15(14)18-16/h3-4,6,10-11,18,20H,5,7-9H2,1-2H3. The number of aromatic nitrogens is 1. The Kier molecular flexibility index (Phi) is 3.52. The van der Waals surface area contributed by atoms with Gasteiger partial charge in [0.05, 0.1) is 0 Å². The molecule has 1 aromatic carbocycles. The molecule has 3 rings (SSSR count). The predicted molar refractivity (Wildman–Crippen MR) is 78.1 cm³/mol. The zero-order chi connectivity index (χ0) is 14.3. The molecule has 0 saturated heterocycles. The third kappa shape index (κ3) is 2.34. The number of hydrogen-bond donors (Lipinski definition) is 2. The smallest absolute Gasteiger partial charge is 0.123 e. The predicted octanol–water partition coefficient (Wildman–Crippen LogP) is 2.68. The fraction of sp³-hybridized carbons (Fsp3) is 0.500. The van der Waals surface area contributed by atoms with Gasteiger partial charge in [0.15, 0.2) is 0 Å². The van der Waals surface area contributed by atoms with E-state index in [4.69, 9.17) is 0 Å². The summed E-state index contributed by atoms with van der Waals surface area (Å²) in [6.07, 6.45) is 0.928. The molecule has 2 unspecified atom stereocenters. The number of rotatable bonds is 3. The number of H-pyrrole nitrogens is 1. The van der Waals surface area contributed by atoms with Gasteiger partial charge in [-0.15, -0.1) is 0 Å². The van der Waals surface area contributed by atoms with Gasteiger partial charge in [0.1, 0.15) is 5.82 Å². The molecule has 0 fully saturated rings. The average molecular weight is 276 g/mol. The van der Waals surface area contributed by atoms with Crippen LogP contribution in [0.1, 0.15) is 25.1 Å². The molecule has 2 atom stereocenters. The molecule has 0 amide bonds. The van der Waals surface area contributed by atoms with E-state index in [1.807, 2.05) is 6.07 Å². The van der Waals surface area contributed by atoms with Gasteiger partial charge in [0.25, 0.3) is 0 Å². The van der Waals surface area contributed by atoms with Gasteiger partial charge < -0.3 is 10.1 Å². The van der Waals surface area contributed by atoms with Crippen molar-refractivity contribution < 1.29 is 9.50 Å². The molecule has 0 spiro atoms. The minimum atomic E-state index is -0.178. The topological polar surface area (TPSA) is 39.3 Å². The lowest BCUT2D eigenvalue weighted by atomic mass is 9.96. The zero-order valence-electron chi connectivity index (χ0n) is 12.0. The largest absolute Gasteiger partial charge is 0.396 e. The van der Waals surface area contributed by atoms with Crippen LogP contribution in [0.3, 0.4) is 0 Å².